The lowest BCUT2D eigenvalue weighted by Crippen LogP contribution is -2.00. The van der Waals surface area contributed by atoms with E-state index in [0.29, 0.717) is 0 Å². The maximum absolute atomic E-state index is 4.90. The van der Waals surface area contributed by atoms with Gasteiger partial charge in [0.2, 0.25) is 0 Å². The second-order valence-corrected chi connectivity index (χ2v) is 11.8. The van der Waals surface area contributed by atoms with Crippen molar-refractivity contribution < 1.29 is 0 Å². The van der Waals surface area contributed by atoms with Crippen LogP contribution in [0.2, 0.25) is 0 Å². The monoisotopic (exact) mass is 562 g/mol. The quantitative estimate of drug-likeness (QED) is 0.195. The van der Waals surface area contributed by atoms with E-state index in [9.17, 15) is 0 Å². The van der Waals surface area contributed by atoms with Gasteiger partial charge in [-0.15, -0.1) is 0 Å². The highest BCUT2D eigenvalue weighted by molar-refractivity contribution is 6.21. The van der Waals surface area contributed by atoms with Crippen molar-refractivity contribution in [2.75, 3.05) is 0 Å². The molecule has 0 spiro atoms. The first-order chi connectivity index (χ1) is 21.8. The Morgan fingerprint density at radius 2 is 1.11 bits per heavy atom. The van der Waals surface area contributed by atoms with Crippen molar-refractivity contribution in [3.63, 3.8) is 0 Å². The van der Waals surface area contributed by atoms with Crippen molar-refractivity contribution in [3.05, 3.63) is 156 Å². The van der Waals surface area contributed by atoms with Crippen LogP contribution in [0.5, 0.6) is 0 Å². The Labute approximate surface area is 256 Å². The third-order valence-corrected chi connectivity index (χ3v) is 9.37. The molecular formula is C42H30N2. The molecule has 2 nitrogen and oxygen atoms in total. The number of benzene rings is 7. The molecule has 0 atom stereocenters. The number of aryl methyl sites for hydroxylation is 1. The summed E-state index contributed by atoms with van der Waals surface area (Å²) in [6.45, 7) is 2.17. The van der Waals surface area contributed by atoms with Crippen LogP contribution in [0.3, 0.4) is 0 Å². The molecule has 1 aliphatic rings. The molecule has 0 radical (unpaired) electrons. The average Bonchev–Trinajstić information content (AvgIpc) is 3.65. The van der Waals surface area contributed by atoms with Crippen LogP contribution in [0.1, 0.15) is 23.9 Å². The third kappa shape index (κ3) is 3.71. The van der Waals surface area contributed by atoms with Gasteiger partial charge in [0.15, 0.2) is 0 Å². The van der Waals surface area contributed by atoms with Gasteiger partial charge < -0.3 is 0 Å². The molecule has 0 bridgehead atoms. The molecule has 0 aliphatic heterocycles. The molecule has 0 unspecified atom stereocenters. The fraction of sp³-hybridized carbons (Fsp3) is 0.0714. The van der Waals surface area contributed by atoms with Crippen molar-refractivity contribution in [1.82, 2.24) is 9.55 Å². The van der Waals surface area contributed by atoms with Gasteiger partial charge in [-0.25, -0.2) is 4.98 Å². The SMILES string of the molecule is CCc1nc2ccccc2n1-c1ccc(-c2c3ccccc3c(-c3ccc4c(c3)Cc3ccccc3-4)c3ccccc23)cc1. The summed E-state index contributed by atoms with van der Waals surface area (Å²) in [7, 11) is 0. The maximum atomic E-state index is 4.90. The Morgan fingerprint density at radius 1 is 0.545 bits per heavy atom. The number of rotatable bonds is 4. The number of hydrogen-bond acceptors (Lipinski definition) is 1. The highest BCUT2D eigenvalue weighted by Gasteiger charge is 2.21. The molecule has 7 aromatic carbocycles. The summed E-state index contributed by atoms with van der Waals surface area (Å²) in [4.78, 5) is 4.90. The van der Waals surface area contributed by atoms with Crippen LogP contribution in [-0.2, 0) is 12.8 Å². The van der Waals surface area contributed by atoms with Gasteiger partial charge in [0.1, 0.15) is 5.82 Å². The minimum atomic E-state index is 0.877. The highest BCUT2D eigenvalue weighted by atomic mass is 15.1. The Bertz CT molecular complexity index is 2330. The molecule has 0 saturated carbocycles. The smallest absolute Gasteiger partial charge is 0.114 e. The van der Waals surface area contributed by atoms with Crippen LogP contribution in [0.4, 0.5) is 0 Å². The molecule has 2 heteroatoms. The number of aromatic nitrogens is 2. The summed E-state index contributed by atoms with van der Waals surface area (Å²) in [5.74, 6) is 1.08. The predicted octanol–water partition coefficient (Wildman–Crippen LogP) is 10.8. The normalized spacial score (nSPS) is 12.2. The van der Waals surface area contributed by atoms with E-state index in [-0.39, 0.29) is 0 Å². The van der Waals surface area contributed by atoms with Crippen LogP contribution in [0.15, 0.2) is 140 Å². The largest absolute Gasteiger partial charge is 0.296 e. The van der Waals surface area contributed by atoms with Crippen LogP contribution in [0.25, 0.3) is 71.6 Å². The number of para-hydroxylation sites is 2. The molecule has 0 saturated heterocycles. The van der Waals surface area contributed by atoms with Crippen molar-refractivity contribution in [1.29, 1.82) is 0 Å². The van der Waals surface area contributed by atoms with Crippen molar-refractivity contribution >= 4 is 32.6 Å². The average molecular weight is 563 g/mol. The minimum absolute atomic E-state index is 0.877. The van der Waals surface area contributed by atoms with Crippen LogP contribution in [-0.4, -0.2) is 9.55 Å². The van der Waals surface area contributed by atoms with Crippen molar-refractivity contribution in [2.45, 2.75) is 19.8 Å². The Kier molecular flexibility index (Phi) is 5.58. The first-order valence-electron chi connectivity index (χ1n) is 15.5. The summed E-state index contributed by atoms with van der Waals surface area (Å²) in [5, 5.41) is 5.13. The van der Waals surface area contributed by atoms with Gasteiger partial charge in [-0.3, -0.25) is 4.57 Å². The zero-order valence-electron chi connectivity index (χ0n) is 24.6. The topological polar surface area (TPSA) is 17.8 Å². The van der Waals surface area contributed by atoms with E-state index >= 15 is 0 Å². The molecule has 208 valence electrons. The maximum Gasteiger partial charge on any atom is 0.114 e. The van der Waals surface area contributed by atoms with Gasteiger partial charge in [0, 0.05) is 12.1 Å². The van der Waals surface area contributed by atoms with Gasteiger partial charge in [0.05, 0.1) is 11.0 Å². The van der Waals surface area contributed by atoms with E-state index in [2.05, 4.69) is 151 Å². The summed E-state index contributed by atoms with van der Waals surface area (Å²) in [6.07, 6.45) is 1.87. The molecule has 0 amide bonds. The lowest BCUT2D eigenvalue weighted by molar-refractivity contribution is 0.908. The second kappa shape index (κ2) is 9.79. The van der Waals surface area contributed by atoms with Crippen LogP contribution >= 0.6 is 0 Å². The summed E-state index contributed by atoms with van der Waals surface area (Å²) >= 11 is 0. The van der Waals surface area contributed by atoms with Crippen molar-refractivity contribution in [3.8, 4) is 39.1 Å². The number of nitrogens with zero attached hydrogens (tertiary/aromatic N) is 2. The van der Waals surface area contributed by atoms with E-state index in [4.69, 9.17) is 4.98 Å². The summed E-state index contributed by atoms with van der Waals surface area (Å²) in [6, 6.07) is 51.2. The summed E-state index contributed by atoms with van der Waals surface area (Å²) in [5.41, 5.74) is 14.0. The number of hydrogen-bond donors (Lipinski definition) is 0. The zero-order chi connectivity index (χ0) is 29.2. The molecule has 1 aromatic heterocycles. The minimum Gasteiger partial charge on any atom is -0.296 e. The van der Waals surface area contributed by atoms with Gasteiger partial charge >= 0.3 is 0 Å². The first-order valence-corrected chi connectivity index (χ1v) is 15.5. The van der Waals surface area contributed by atoms with Gasteiger partial charge in [-0.05, 0) is 96.7 Å². The van der Waals surface area contributed by atoms with Gasteiger partial charge in [0.25, 0.3) is 0 Å². The molecule has 8 aromatic rings. The molecule has 44 heavy (non-hydrogen) atoms. The summed E-state index contributed by atoms with van der Waals surface area (Å²) < 4.78 is 2.30. The van der Waals surface area contributed by atoms with Crippen LogP contribution in [0, 0.1) is 0 Å². The number of imidazole rings is 1. The lowest BCUT2D eigenvalue weighted by atomic mass is 9.85. The fourth-order valence-corrected chi connectivity index (χ4v) is 7.43. The van der Waals surface area contributed by atoms with E-state index in [1.807, 2.05) is 0 Å². The highest BCUT2D eigenvalue weighted by Crippen LogP contribution is 2.45. The number of fused-ring (bicyclic) bond motifs is 6. The van der Waals surface area contributed by atoms with E-state index in [1.54, 1.807) is 0 Å². The predicted molar refractivity (Wildman–Crippen MR) is 185 cm³/mol. The molecule has 9 rings (SSSR count). The van der Waals surface area contributed by atoms with Crippen molar-refractivity contribution in [2.24, 2.45) is 0 Å². The van der Waals surface area contributed by atoms with E-state index < -0.39 is 0 Å². The van der Waals surface area contributed by atoms with Gasteiger partial charge in [-0.2, -0.15) is 0 Å². The zero-order valence-corrected chi connectivity index (χ0v) is 24.6. The lowest BCUT2D eigenvalue weighted by Gasteiger charge is -2.18. The standard InChI is InChI=1S/C42H30N2/c1-2-40-43-38-17-9-10-18-39(38)44(40)31-22-19-27(20-23-31)41-34-13-5-7-15-36(34)42(37-16-8-6-14-35(37)41)29-21-24-33-30(26-29)25-28-11-3-4-12-32(28)33/h3-24,26H,2,25H2,1H3. The molecule has 1 heterocycles. The molecule has 1 aliphatic carbocycles. The van der Waals surface area contributed by atoms with E-state index in [0.717, 1.165) is 35.4 Å². The Hall–Kier alpha value is -5.47. The van der Waals surface area contributed by atoms with Gasteiger partial charge in [-0.1, -0.05) is 122 Å². The fourth-order valence-electron chi connectivity index (χ4n) is 7.43. The molecule has 0 fully saturated rings. The Morgan fingerprint density at radius 3 is 1.82 bits per heavy atom. The first kappa shape index (κ1) is 25.1. The Balaban J connectivity index is 1.23. The van der Waals surface area contributed by atoms with Crippen LogP contribution < -0.4 is 0 Å². The molecule has 0 N–H and O–H groups in total. The third-order valence-electron chi connectivity index (χ3n) is 9.37. The molecular weight excluding hydrogens is 532 g/mol. The second-order valence-electron chi connectivity index (χ2n) is 11.8. The van der Waals surface area contributed by atoms with E-state index in [1.165, 1.54) is 66.1 Å².